The third-order valence-electron chi connectivity index (χ3n) is 1.38. The van der Waals surface area contributed by atoms with E-state index < -0.39 is 12.0 Å². The number of anilines is 1. The number of carbonyl (C=O) groups is 1. The molecule has 1 aromatic rings. The van der Waals surface area contributed by atoms with Crippen LogP contribution in [0.5, 0.6) is 0 Å². The highest BCUT2D eigenvalue weighted by Gasteiger charge is 2.10. The van der Waals surface area contributed by atoms with Crippen LogP contribution in [-0.4, -0.2) is 22.1 Å². The first-order valence-electron chi connectivity index (χ1n) is 3.70. The minimum absolute atomic E-state index is 0.448. The number of nitrogens with zero attached hydrogens (tertiary/aromatic N) is 1. The number of aliphatic hydroxyl groups excluding tert-OH is 1. The maximum absolute atomic E-state index is 11.1. The molecule has 0 aromatic carbocycles. The summed E-state index contributed by atoms with van der Waals surface area (Å²) in [6.45, 7) is 1.41. The van der Waals surface area contributed by atoms with Gasteiger partial charge in [0.05, 0.1) is 3.57 Å². The van der Waals surface area contributed by atoms with E-state index in [9.17, 15) is 4.79 Å². The number of pyridine rings is 1. The Labute approximate surface area is 89.5 Å². The lowest BCUT2D eigenvalue weighted by molar-refractivity contribution is -0.123. The normalized spacial score (nSPS) is 12.2. The van der Waals surface area contributed by atoms with Crippen molar-refractivity contribution in [3.63, 3.8) is 0 Å². The molecule has 0 saturated carbocycles. The molecule has 0 aliphatic heterocycles. The number of carbonyl (C=O) groups excluding carboxylic acids is 1. The van der Waals surface area contributed by atoms with Gasteiger partial charge in [-0.3, -0.25) is 4.79 Å². The molecule has 2 N–H and O–H groups in total. The monoisotopic (exact) mass is 292 g/mol. The average Bonchev–Trinajstić information content (AvgIpc) is 2.08. The topological polar surface area (TPSA) is 62.2 Å². The predicted octanol–water partition coefficient (Wildman–Crippen LogP) is 1.01. The van der Waals surface area contributed by atoms with Crippen molar-refractivity contribution in [1.29, 1.82) is 0 Å². The Balaban J connectivity index is 2.75. The lowest BCUT2D eigenvalue weighted by atomic mass is 10.4. The fourth-order valence-electron chi connectivity index (χ4n) is 0.699. The minimum Gasteiger partial charge on any atom is -0.384 e. The van der Waals surface area contributed by atoms with Crippen molar-refractivity contribution in [1.82, 2.24) is 4.98 Å². The number of nitrogens with one attached hydrogen (secondary N) is 1. The number of hydrogen-bond acceptors (Lipinski definition) is 3. The van der Waals surface area contributed by atoms with Crippen molar-refractivity contribution >= 4 is 34.3 Å². The number of aromatic nitrogens is 1. The van der Waals surface area contributed by atoms with Gasteiger partial charge in [0.2, 0.25) is 0 Å². The Hall–Kier alpha value is -0.690. The van der Waals surface area contributed by atoms with E-state index in [4.69, 9.17) is 5.11 Å². The fourth-order valence-corrected chi connectivity index (χ4v) is 1.18. The average molecular weight is 292 g/mol. The van der Waals surface area contributed by atoms with Crippen molar-refractivity contribution < 1.29 is 9.90 Å². The molecular weight excluding hydrogens is 283 g/mol. The van der Waals surface area contributed by atoms with Crippen molar-refractivity contribution in [3.8, 4) is 0 Å². The van der Waals surface area contributed by atoms with Gasteiger partial charge in [0.25, 0.3) is 5.91 Å². The lowest BCUT2D eigenvalue weighted by Gasteiger charge is -2.06. The summed E-state index contributed by atoms with van der Waals surface area (Å²) in [5.41, 5.74) is 0. The van der Waals surface area contributed by atoms with E-state index in [-0.39, 0.29) is 0 Å². The molecule has 5 heteroatoms. The number of aliphatic hydroxyl groups is 1. The maximum Gasteiger partial charge on any atom is 0.254 e. The zero-order valence-corrected chi connectivity index (χ0v) is 9.15. The Kier molecular flexibility index (Phi) is 3.61. The number of rotatable bonds is 2. The maximum atomic E-state index is 11.1. The molecule has 1 amide bonds. The lowest BCUT2D eigenvalue weighted by Crippen LogP contribution is -2.25. The summed E-state index contributed by atoms with van der Waals surface area (Å²) in [7, 11) is 0. The standard InChI is InChI=1S/C8H9IN2O2/c1-5(12)8(13)11-7-6(9)3-2-4-10-7/h2-5,12H,1H3,(H,10,11,13)/t5-/m1/s1. The minimum atomic E-state index is -1.02. The van der Waals surface area contributed by atoms with Crippen LogP contribution in [0.4, 0.5) is 5.82 Å². The van der Waals surface area contributed by atoms with Crippen LogP contribution in [0.25, 0.3) is 0 Å². The molecule has 1 aromatic heterocycles. The summed E-state index contributed by atoms with van der Waals surface area (Å²) >= 11 is 2.06. The van der Waals surface area contributed by atoms with Crippen LogP contribution in [0.15, 0.2) is 18.3 Å². The fraction of sp³-hybridized carbons (Fsp3) is 0.250. The molecule has 0 fully saturated rings. The Morgan fingerprint density at radius 1 is 1.77 bits per heavy atom. The molecule has 0 aliphatic carbocycles. The van der Waals surface area contributed by atoms with Crippen LogP contribution in [0.3, 0.4) is 0 Å². The third kappa shape index (κ3) is 2.92. The van der Waals surface area contributed by atoms with Crippen LogP contribution >= 0.6 is 22.6 Å². The second kappa shape index (κ2) is 4.52. The zero-order chi connectivity index (χ0) is 9.84. The van der Waals surface area contributed by atoms with E-state index in [2.05, 4.69) is 32.9 Å². The van der Waals surface area contributed by atoms with Gasteiger partial charge in [0, 0.05) is 6.20 Å². The summed E-state index contributed by atoms with van der Waals surface area (Å²) in [6.07, 6.45) is 0.567. The second-order valence-corrected chi connectivity index (χ2v) is 3.66. The number of amides is 1. The molecule has 0 aliphatic rings. The van der Waals surface area contributed by atoms with Gasteiger partial charge in [-0.15, -0.1) is 0 Å². The first-order valence-corrected chi connectivity index (χ1v) is 4.78. The van der Waals surface area contributed by atoms with Crippen molar-refractivity contribution in [2.45, 2.75) is 13.0 Å². The molecule has 1 rings (SSSR count). The Bertz CT molecular complexity index is 315. The third-order valence-corrected chi connectivity index (χ3v) is 2.25. The van der Waals surface area contributed by atoms with E-state index in [1.54, 1.807) is 12.3 Å². The molecule has 0 radical (unpaired) electrons. The van der Waals surface area contributed by atoms with E-state index in [1.165, 1.54) is 6.92 Å². The van der Waals surface area contributed by atoms with E-state index in [1.807, 2.05) is 6.07 Å². The second-order valence-electron chi connectivity index (χ2n) is 2.50. The quantitative estimate of drug-likeness (QED) is 0.800. The number of hydrogen-bond donors (Lipinski definition) is 2. The van der Waals surface area contributed by atoms with Gasteiger partial charge in [0.15, 0.2) is 0 Å². The zero-order valence-electron chi connectivity index (χ0n) is 6.99. The SMILES string of the molecule is C[C@@H](O)C(=O)Nc1ncccc1I. The van der Waals surface area contributed by atoms with Crippen molar-refractivity contribution in [3.05, 3.63) is 21.9 Å². The molecule has 0 bridgehead atoms. The van der Waals surface area contributed by atoms with Gasteiger partial charge in [-0.05, 0) is 41.6 Å². The predicted molar refractivity (Wildman–Crippen MR) is 57.3 cm³/mol. The van der Waals surface area contributed by atoms with Crippen LogP contribution in [0.1, 0.15) is 6.92 Å². The van der Waals surface area contributed by atoms with E-state index in [0.717, 1.165) is 3.57 Å². The molecule has 13 heavy (non-hydrogen) atoms. The Morgan fingerprint density at radius 3 is 3.00 bits per heavy atom. The largest absolute Gasteiger partial charge is 0.384 e. The highest BCUT2D eigenvalue weighted by molar-refractivity contribution is 14.1. The molecular formula is C8H9IN2O2. The molecule has 0 spiro atoms. The molecule has 0 unspecified atom stereocenters. The van der Waals surface area contributed by atoms with Crippen LogP contribution in [-0.2, 0) is 4.79 Å². The molecule has 0 saturated heterocycles. The van der Waals surface area contributed by atoms with Crippen LogP contribution in [0.2, 0.25) is 0 Å². The molecule has 1 heterocycles. The molecule has 1 atom stereocenters. The van der Waals surface area contributed by atoms with Gasteiger partial charge in [-0.2, -0.15) is 0 Å². The first-order chi connectivity index (χ1) is 6.11. The summed E-state index contributed by atoms with van der Waals surface area (Å²) in [5, 5.41) is 11.4. The summed E-state index contributed by atoms with van der Waals surface area (Å²) in [6, 6.07) is 3.60. The summed E-state index contributed by atoms with van der Waals surface area (Å²) < 4.78 is 0.842. The first kappa shape index (κ1) is 10.4. The van der Waals surface area contributed by atoms with Crippen LogP contribution in [0, 0.1) is 3.57 Å². The van der Waals surface area contributed by atoms with Gasteiger partial charge in [0.1, 0.15) is 11.9 Å². The van der Waals surface area contributed by atoms with Gasteiger partial charge < -0.3 is 10.4 Å². The summed E-state index contributed by atoms with van der Waals surface area (Å²) in [5.74, 6) is 0.0330. The van der Waals surface area contributed by atoms with Gasteiger partial charge in [-0.1, -0.05) is 0 Å². The smallest absolute Gasteiger partial charge is 0.254 e. The highest BCUT2D eigenvalue weighted by Crippen LogP contribution is 2.13. The van der Waals surface area contributed by atoms with E-state index in [0.29, 0.717) is 5.82 Å². The van der Waals surface area contributed by atoms with Crippen molar-refractivity contribution in [2.75, 3.05) is 5.32 Å². The highest BCUT2D eigenvalue weighted by atomic mass is 127. The number of halogens is 1. The van der Waals surface area contributed by atoms with Gasteiger partial charge in [-0.25, -0.2) is 4.98 Å². The molecule has 70 valence electrons. The van der Waals surface area contributed by atoms with Crippen LogP contribution < -0.4 is 5.32 Å². The molecule has 4 nitrogen and oxygen atoms in total. The Morgan fingerprint density at radius 2 is 2.46 bits per heavy atom. The van der Waals surface area contributed by atoms with Gasteiger partial charge >= 0.3 is 0 Å². The summed E-state index contributed by atoms with van der Waals surface area (Å²) in [4.78, 5) is 15.0. The van der Waals surface area contributed by atoms with Crippen molar-refractivity contribution in [2.24, 2.45) is 0 Å². The van der Waals surface area contributed by atoms with E-state index >= 15 is 0 Å².